The highest BCUT2D eigenvalue weighted by molar-refractivity contribution is 7.15. The predicted molar refractivity (Wildman–Crippen MR) is 80.9 cm³/mol. The normalized spacial score (nSPS) is 10.7. The summed E-state index contributed by atoms with van der Waals surface area (Å²) in [4.78, 5) is 0. The van der Waals surface area contributed by atoms with Gasteiger partial charge in [0.1, 0.15) is 5.01 Å². The molecular weight excluding hydrogens is 274 g/mol. The van der Waals surface area contributed by atoms with Crippen LogP contribution < -0.4 is 14.8 Å². The van der Waals surface area contributed by atoms with E-state index in [1.807, 2.05) is 18.2 Å². The first kappa shape index (κ1) is 14.6. The van der Waals surface area contributed by atoms with Crippen molar-refractivity contribution in [2.45, 2.75) is 26.3 Å². The molecular formula is C14H19N3O2S. The molecule has 20 heavy (non-hydrogen) atoms. The van der Waals surface area contributed by atoms with Crippen LogP contribution in [0.15, 0.2) is 18.2 Å². The van der Waals surface area contributed by atoms with E-state index in [4.69, 9.17) is 9.47 Å². The first-order valence-corrected chi connectivity index (χ1v) is 7.24. The zero-order valence-corrected chi connectivity index (χ0v) is 13.0. The fraction of sp³-hybridized carbons (Fsp3) is 0.429. The van der Waals surface area contributed by atoms with Crippen LogP contribution in [0.2, 0.25) is 0 Å². The summed E-state index contributed by atoms with van der Waals surface area (Å²) < 4.78 is 10.5. The fourth-order valence-corrected chi connectivity index (χ4v) is 2.45. The monoisotopic (exact) mass is 293 g/mol. The number of ether oxygens (including phenoxy) is 2. The van der Waals surface area contributed by atoms with Crippen molar-refractivity contribution in [2.24, 2.45) is 0 Å². The zero-order chi connectivity index (χ0) is 14.5. The van der Waals surface area contributed by atoms with Gasteiger partial charge in [0.05, 0.1) is 14.2 Å². The van der Waals surface area contributed by atoms with Crippen LogP contribution in [0.25, 0.3) is 0 Å². The second-order valence-electron chi connectivity index (χ2n) is 4.64. The molecule has 108 valence electrons. The number of nitrogens with one attached hydrogen (secondary N) is 1. The highest BCUT2D eigenvalue weighted by atomic mass is 32.1. The molecule has 0 spiro atoms. The van der Waals surface area contributed by atoms with Gasteiger partial charge in [0.2, 0.25) is 5.13 Å². The minimum absolute atomic E-state index is 0.407. The molecule has 5 nitrogen and oxygen atoms in total. The Morgan fingerprint density at radius 3 is 2.50 bits per heavy atom. The van der Waals surface area contributed by atoms with Crippen LogP contribution in [-0.4, -0.2) is 24.4 Å². The van der Waals surface area contributed by atoms with E-state index in [9.17, 15) is 0 Å². The second-order valence-corrected chi connectivity index (χ2v) is 5.65. The largest absolute Gasteiger partial charge is 0.493 e. The van der Waals surface area contributed by atoms with Crippen molar-refractivity contribution in [1.82, 2.24) is 10.2 Å². The molecule has 0 aliphatic heterocycles. The topological polar surface area (TPSA) is 56.3 Å². The lowest BCUT2D eigenvalue weighted by molar-refractivity contribution is 0.354. The number of rotatable bonds is 6. The molecule has 6 heteroatoms. The van der Waals surface area contributed by atoms with Gasteiger partial charge in [0, 0.05) is 12.5 Å². The minimum atomic E-state index is 0.407. The summed E-state index contributed by atoms with van der Waals surface area (Å²) in [6.45, 7) is 4.89. The smallest absolute Gasteiger partial charge is 0.205 e. The summed E-state index contributed by atoms with van der Waals surface area (Å²) in [6, 6.07) is 5.85. The minimum Gasteiger partial charge on any atom is -0.493 e. The molecule has 1 aromatic heterocycles. The van der Waals surface area contributed by atoms with Crippen LogP contribution in [0.3, 0.4) is 0 Å². The van der Waals surface area contributed by atoms with Crippen LogP contribution in [0.1, 0.15) is 30.3 Å². The molecule has 1 heterocycles. The van der Waals surface area contributed by atoms with Gasteiger partial charge >= 0.3 is 0 Å². The van der Waals surface area contributed by atoms with Crippen LogP contribution in [0.5, 0.6) is 11.5 Å². The van der Waals surface area contributed by atoms with Gasteiger partial charge in [-0.05, 0) is 17.7 Å². The first-order valence-electron chi connectivity index (χ1n) is 6.42. The lowest BCUT2D eigenvalue weighted by Gasteiger charge is -2.09. The number of anilines is 1. The average molecular weight is 293 g/mol. The van der Waals surface area contributed by atoms with E-state index < -0.39 is 0 Å². The Kier molecular flexibility index (Phi) is 4.79. The standard InChI is InChI=1S/C14H19N3O2S/c1-9(2)13-16-17-14(20-13)15-8-10-5-6-11(18-3)12(7-10)19-4/h5-7,9H,8H2,1-4H3,(H,15,17). The maximum atomic E-state index is 5.29. The van der Waals surface area contributed by atoms with Gasteiger partial charge in [-0.2, -0.15) is 0 Å². The molecule has 0 saturated heterocycles. The van der Waals surface area contributed by atoms with Crippen molar-refractivity contribution < 1.29 is 9.47 Å². The number of hydrogen-bond donors (Lipinski definition) is 1. The highest BCUT2D eigenvalue weighted by Crippen LogP contribution is 2.28. The fourth-order valence-electron chi connectivity index (χ4n) is 1.71. The van der Waals surface area contributed by atoms with E-state index in [-0.39, 0.29) is 0 Å². The molecule has 0 atom stereocenters. The number of aromatic nitrogens is 2. The third kappa shape index (κ3) is 3.39. The maximum Gasteiger partial charge on any atom is 0.205 e. The van der Waals surface area contributed by atoms with E-state index in [1.165, 1.54) is 0 Å². The summed E-state index contributed by atoms with van der Waals surface area (Å²) in [5, 5.41) is 13.4. The van der Waals surface area contributed by atoms with Crippen LogP contribution in [0.4, 0.5) is 5.13 Å². The molecule has 0 amide bonds. The van der Waals surface area contributed by atoms with Gasteiger partial charge < -0.3 is 14.8 Å². The SMILES string of the molecule is COc1ccc(CNc2nnc(C(C)C)s2)cc1OC. The molecule has 1 aromatic carbocycles. The van der Waals surface area contributed by atoms with E-state index in [0.29, 0.717) is 12.5 Å². The molecule has 0 aliphatic carbocycles. The molecule has 0 fully saturated rings. The Morgan fingerprint density at radius 2 is 1.90 bits per heavy atom. The molecule has 2 aromatic rings. The van der Waals surface area contributed by atoms with Crippen LogP contribution >= 0.6 is 11.3 Å². The first-order chi connectivity index (χ1) is 9.63. The number of benzene rings is 1. The van der Waals surface area contributed by atoms with Crippen molar-refractivity contribution in [3.63, 3.8) is 0 Å². The van der Waals surface area contributed by atoms with Gasteiger partial charge in [-0.1, -0.05) is 31.3 Å². The third-order valence-electron chi connectivity index (χ3n) is 2.83. The van der Waals surface area contributed by atoms with E-state index in [2.05, 4.69) is 29.4 Å². The summed E-state index contributed by atoms with van der Waals surface area (Å²) in [5.41, 5.74) is 1.10. The lowest BCUT2D eigenvalue weighted by atomic mass is 10.2. The molecule has 0 bridgehead atoms. The molecule has 0 saturated carbocycles. The molecule has 0 aliphatic rings. The Morgan fingerprint density at radius 1 is 1.15 bits per heavy atom. The molecule has 0 radical (unpaired) electrons. The Bertz CT molecular complexity index is 569. The number of methoxy groups -OCH3 is 2. The Hall–Kier alpha value is -1.82. The molecule has 0 unspecified atom stereocenters. The van der Waals surface area contributed by atoms with Crippen molar-refractivity contribution in [1.29, 1.82) is 0 Å². The van der Waals surface area contributed by atoms with Gasteiger partial charge in [0.25, 0.3) is 0 Å². The summed E-state index contributed by atoms with van der Waals surface area (Å²) in [5.74, 6) is 1.87. The van der Waals surface area contributed by atoms with E-state index in [0.717, 1.165) is 27.2 Å². The quantitative estimate of drug-likeness (QED) is 0.885. The third-order valence-corrected chi connectivity index (χ3v) is 4.01. The molecule has 2 rings (SSSR count). The van der Waals surface area contributed by atoms with Crippen molar-refractivity contribution in [3.05, 3.63) is 28.8 Å². The summed E-state index contributed by atoms with van der Waals surface area (Å²) in [7, 11) is 3.26. The average Bonchev–Trinajstić information content (AvgIpc) is 2.94. The van der Waals surface area contributed by atoms with E-state index in [1.54, 1.807) is 25.6 Å². The lowest BCUT2D eigenvalue weighted by Crippen LogP contribution is -2.00. The summed E-state index contributed by atoms with van der Waals surface area (Å²) >= 11 is 1.59. The second kappa shape index (κ2) is 6.56. The maximum absolute atomic E-state index is 5.29. The van der Waals surface area contributed by atoms with Gasteiger partial charge in [-0.25, -0.2) is 0 Å². The predicted octanol–water partition coefficient (Wildman–Crippen LogP) is 3.29. The Balaban J connectivity index is 2.03. The number of hydrogen-bond acceptors (Lipinski definition) is 6. The highest BCUT2D eigenvalue weighted by Gasteiger charge is 2.08. The van der Waals surface area contributed by atoms with Gasteiger partial charge in [-0.15, -0.1) is 10.2 Å². The van der Waals surface area contributed by atoms with Crippen LogP contribution in [0, 0.1) is 0 Å². The number of nitrogens with zero attached hydrogens (tertiary/aromatic N) is 2. The Labute approximate surface area is 123 Å². The van der Waals surface area contributed by atoms with Crippen molar-refractivity contribution in [2.75, 3.05) is 19.5 Å². The van der Waals surface area contributed by atoms with Gasteiger partial charge in [-0.3, -0.25) is 0 Å². The molecule has 1 N–H and O–H groups in total. The van der Waals surface area contributed by atoms with E-state index >= 15 is 0 Å². The van der Waals surface area contributed by atoms with Crippen molar-refractivity contribution in [3.8, 4) is 11.5 Å². The summed E-state index contributed by atoms with van der Waals surface area (Å²) in [6.07, 6.45) is 0. The van der Waals surface area contributed by atoms with Gasteiger partial charge in [0.15, 0.2) is 11.5 Å². The zero-order valence-electron chi connectivity index (χ0n) is 12.1. The van der Waals surface area contributed by atoms with Crippen molar-refractivity contribution >= 4 is 16.5 Å². The van der Waals surface area contributed by atoms with Crippen LogP contribution in [-0.2, 0) is 6.54 Å².